The van der Waals surface area contributed by atoms with Crippen LogP contribution in [-0.2, 0) is 14.8 Å². The number of hydrogen-bond donors (Lipinski definition) is 1. The van der Waals surface area contributed by atoms with Crippen molar-refractivity contribution in [3.05, 3.63) is 69.9 Å². The molecule has 0 bridgehead atoms. The van der Waals surface area contributed by atoms with Gasteiger partial charge in [0.1, 0.15) is 17.2 Å². The average molecular weight is 543 g/mol. The van der Waals surface area contributed by atoms with Gasteiger partial charge < -0.3 is 10.1 Å². The van der Waals surface area contributed by atoms with Crippen molar-refractivity contribution in [3.63, 3.8) is 0 Å². The first-order valence-corrected chi connectivity index (χ1v) is 14.8. The molecule has 10 heteroatoms. The summed E-state index contributed by atoms with van der Waals surface area (Å²) in [5, 5.41) is 8.17. The number of allylic oxidation sites excluding steroid dienone is 7. The normalized spacial score (nSPS) is 20.3. The van der Waals surface area contributed by atoms with E-state index >= 15 is 0 Å². The van der Waals surface area contributed by atoms with Crippen molar-refractivity contribution in [1.82, 2.24) is 14.9 Å². The molecule has 1 unspecified atom stereocenters. The molecule has 196 valence electrons. The van der Waals surface area contributed by atoms with Gasteiger partial charge in [0.05, 0.1) is 34.3 Å². The summed E-state index contributed by atoms with van der Waals surface area (Å²) in [6, 6.07) is 1.93. The maximum atomic E-state index is 13.1. The SMILES string of the molecule is CNC(=O)c1c(C2=CC=C(OC3=CCCC=C3Cl)CC2)nn2cc3c(cc12)C(C)CCCN3S(C)(=O)=O. The molecule has 0 spiro atoms. The number of amides is 1. The van der Waals surface area contributed by atoms with Gasteiger partial charge in [-0.2, -0.15) is 5.10 Å². The van der Waals surface area contributed by atoms with E-state index < -0.39 is 10.0 Å². The van der Waals surface area contributed by atoms with Crippen molar-refractivity contribution in [3.8, 4) is 0 Å². The second kappa shape index (κ2) is 10.0. The minimum atomic E-state index is -3.46. The topological polar surface area (TPSA) is 93.0 Å². The molecule has 0 aromatic carbocycles. The lowest BCUT2D eigenvalue weighted by atomic mass is 9.94. The molecule has 1 amide bonds. The number of rotatable bonds is 5. The Balaban J connectivity index is 1.59. The molecule has 0 saturated carbocycles. The predicted octanol–water partition coefficient (Wildman–Crippen LogP) is 5.24. The number of sulfonamides is 1. The van der Waals surface area contributed by atoms with E-state index in [4.69, 9.17) is 21.4 Å². The van der Waals surface area contributed by atoms with Crippen LogP contribution in [0.4, 0.5) is 5.69 Å². The highest BCUT2D eigenvalue weighted by Crippen LogP contribution is 2.39. The smallest absolute Gasteiger partial charge is 0.255 e. The molecular formula is C27H31ClN4O4S. The maximum absolute atomic E-state index is 13.1. The molecule has 3 aliphatic rings. The van der Waals surface area contributed by atoms with E-state index in [1.807, 2.05) is 30.4 Å². The number of hydrogen-bond acceptors (Lipinski definition) is 5. The van der Waals surface area contributed by atoms with Crippen LogP contribution in [0, 0.1) is 0 Å². The van der Waals surface area contributed by atoms with Crippen LogP contribution in [0.2, 0.25) is 0 Å². The minimum Gasteiger partial charge on any atom is -0.461 e. The highest BCUT2D eigenvalue weighted by Gasteiger charge is 2.30. The highest BCUT2D eigenvalue weighted by atomic mass is 35.5. The molecule has 0 fully saturated rings. The lowest BCUT2D eigenvalue weighted by molar-refractivity contribution is 0.0964. The summed E-state index contributed by atoms with van der Waals surface area (Å²) < 4.78 is 34.3. The molecule has 8 nitrogen and oxygen atoms in total. The number of carbonyl (C=O) groups is 1. The molecule has 1 aliphatic heterocycles. The van der Waals surface area contributed by atoms with Gasteiger partial charge in [0.2, 0.25) is 10.0 Å². The molecule has 1 N–H and O–H groups in total. The first-order valence-electron chi connectivity index (χ1n) is 12.6. The maximum Gasteiger partial charge on any atom is 0.255 e. The zero-order chi connectivity index (χ0) is 26.3. The fraction of sp³-hybridized carbons (Fsp3) is 0.407. The van der Waals surface area contributed by atoms with Crippen LogP contribution in [0.25, 0.3) is 11.1 Å². The minimum absolute atomic E-state index is 0.147. The molecular weight excluding hydrogens is 512 g/mol. The van der Waals surface area contributed by atoms with Crippen molar-refractivity contribution in [2.45, 2.75) is 51.4 Å². The van der Waals surface area contributed by atoms with E-state index in [1.165, 1.54) is 10.6 Å². The lowest BCUT2D eigenvalue weighted by Crippen LogP contribution is -2.31. The van der Waals surface area contributed by atoms with E-state index in [0.717, 1.165) is 42.6 Å². The Morgan fingerprint density at radius 3 is 2.68 bits per heavy atom. The molecule has 0 saturated heterocycles. The Morgan fingerprint density at radius 1 is 1.22 bits per heavy atom. The third-order valence-corrected chi connectivity index (χ3v) is 8.66. The number of pyridine rings is 1. The number of ether oxygens (including phenoxy) is 1. The van der Waals surface area contributed by atoms with E-state index in [-0.39, 0.29) is 11.8 Å². The lowest BCUT2D eigenvalue weighted by Gasteiger charge is -2.23. The standard InChI is InChI=1S/C27H31ClN4O4S/c1-17-7-6-14-32(37(3,34)35)23-16-31-22(15-20(17)23)25(27(33)29-2)26(30-31)18-10-12-19(13-11-18)36-24-9-5-4-8-21(24)28/h8-10,12,15-17H,4-7,11,13-14H2,1-3H3,(H,29,33). The van der Waals surface area contributed by atoms with Crippen molar-refractivity contribution >= 4 is 44.3 Å². The second-order valence-corrected chi connectivity index (χ2v) is 12.1. The van der Waals surface area contributed by atoms with Gasteiger partial charge in [-0.15, -0.1) is 0 Å². The second-order valence-electron chi connectivity index (χ2n) is 9.75. The summed E-state index contributed by atoms with van der Waals surface area (Å²) in [6.07, 6.45) is 15.5. The van der Waals surface area contributed by atoms with Crippen molar-refractivity contribution in [1.29, 1.82) is 0 Å². The van der Waals surface area contributed by atoms with Crippen molar-refractivity contribution in [2.24, 2.45) is 0 Å². The number of anilines is 1. The van der Waals surface area contributed by atoms with Crippen molar-refractivity contribution in [2.75, 3.05) is 24.2 Å². The van der Waals surface area contributed by atoms with Crippen LogP contribution in [0.3, 0.4) is 0 Å². The molecule has 3 heterocycles. The van der Waals surface area contributed by atoms with Gasteiger partial charge >= 0.3 is 0 Å². The summed E-state index contributed by atoms with van der Waals surface area (Å²) in [5.74, 6) is 1.40. The molecule has 1 atom stereocenters. The van der Waals surface area contributed by atoms with Crippen LogP contribution >= 0.6 is 11.6 Å². The molecule has 2 aliphatic carbocycles. The quantitative estimate of drug-likeness (QED) is 0.558. The average Bonchev–Trinajstić information content (AvgIpc) is 3.16. The Kier molecular flexibility index (Phi) is 6.93. The summed E-state index contributed by atoms with van der Waals surface area (Å²) >= 11 is 6.28. The third kappa shape index (κ3) is 4.94. The number of aromatic nitrogens is 2. The number of carbonyl (C=O) groups excluding carboxylic acids is 1. The number of nitrogens with one attached hydrogen (secondary N) is 1. The van der Waals surface area contributed by atoms with Gasteiger partial charge in [0, 0.05) is 20.0 Å². The summed E-state index contributed by atoms with van der Waals surface area (Å²) in [6.45, 7) is 2.52. The van der Waals surface area contributed by atoms with Gasteiger partial charge in [-0.3, -0.25) is 9.10 Å². The van der Waals surface area contributed by atoms with Crippen LogP contribution in [0.1, 0.15) is 73.0 Å². The van der Waals surface area contributed by atoms with Crippen LogP contribution < -0.4 is 9.62 Å². The fourth-order valence-electron chi connectivity index (χ4n) is 5.19. The molecule has 0 radical (unpaired) electrons. The van der Waals surface area contributed by atoms with E-state index in [1.54, 1.807) is 17.8 Å². The van der Waals surface area contributed by atoms with E-state index in [0.29, 0.717) is 52.6 Å². The van der Waals surface area contributed by atoms with Gasteiger partial charge in [0.15, 0.2) is 0 Å². The highest BCUT2D eigenvalue weighted by molar-refractivity contribution is 7.92. The van der Waals surface area contributed by atoms with Gasteiger partial charge in [0.25, 0.3) is 5.91 Å². The zero-order valence-electron chi connectivity index (χ0n) is 21.3. The van der Waals surface area contributed by atoms with Gasteiger partial charge in [-0.05, 0) is 67.4 Å². The molecule has 2 aromatic heterocycles. The Hall–Kier alpha value is -3.04. The Morgan fingerprint density at radius 2 is 2.00 bits per heavy atom. The summed E-state index contributed by atoms with van der Waals surface area (Å²) in [5.41, 5.74) is 4.17. The number of fused-ring (bicyclic) bond motifs is 2. The summed E-state index contributed by atoms with van der Waals surface area (Å²) in [7, 11) is -1.86. The third-order valence-electron chi connectivity index (χ3n) is 7.14. The van der Waals surface area contributed by atoms with Gasteiger partial charge in [-0.25, -0.2) is 12.9 Å². The zero-order valence-corrected chi connectivity index (χ0v) is 22.8. The van der Waals surface area contributed by atoms with Crippen LogP contribution in [0.5, 0.6) is 0 Å². The van der Waals surface area contributed by atoms with Crippen molar-refractivity contribution < 1.29 is 17.9 Å². The number of nitrogens with zero attached hydrogens (tertiary/aromatic N) is 3. The molecule has 2 aromatic rings. The van der Waals surface area contributed by atoms with Gasteiger partial charge in [-0.1, -0.05) is 30.7 Å². The monoisotopic (exact) mass is 542 g/mol. The Bertz CT molecular complexity index is 1500. The Labute approximate surface area is 222 Å². The number of halogens is 1. The predicted molar refractivity (Wildman–Crippen MR) is 146 cm³/mol. The molecule has 5 rings (SSSR count). The summed E-state index contributed by atoms with van der Waals surface area (Å²) in [4.78, 5) is 13.1. The van der Waals surface area contributed by atoms with E-state index in [2.05, 4.69) is 12.2 Å². The molecule has 37 heavy (non-hydrogen) atoms. The van der Waals surface area contributed by atoms with Crippen LogP contribution in [0.15, 0.2) is 53.1 Å². The first-order chi connectivity index (χ1) is 17.7. The van der Waals surface area contributed by atoms with E-state index in [9.17, 15) is 13.2 Å². The largest absolute Gasteiger partial charge is 0.461 e. The van der Waals surface area contributed by atoms with Crippen LogP contribution in [-0.4, -0.2) is 43.8 Å². The fourth-order valence-corrected chi connectivity index (χ4v) is 6.38. The first kappa shape index (κ1) is 25.6.